The number of piperazine rings is 1. The number of hydrogen-bond donors (Lipinski definition) is 0. The number of nitro groups is 1. The predicted octanol–water partition coefficient (Wildman–Crippen LogP) is 3.20. The molecule has 3 aromatic rings. The molecule has 0 aromatic heterocycles. The van der Waals surface area contributed by atoms with Gasteiger partial charge in [0.15, 0.2) is 0 Å². The number of sulfonamides is 1. The maximum absolute atomic E-state index is 13.1. The van der Waals surface area contributed by atoms with Gasteiger partial charge < -0.3 is 4.90 Å². The van der Waals surface area contributed by atoms with Crippen LogP contribution in [0.3, 0.4) is 0 Å². The first-order valence-corrected chi connectivity index (χ1v) is 11.2. The maximum atomic E-state index is 13.1. The van der Waals surface area contributed by atoms with Crippen LogP contribution in [0, 0.1) is 17.0 Å². The molecule has 1 amide bonds. The topological polar surface area (TPSA) is 101 Å². The van der Waals surface area contributed by atoms with E-state index in [-0.39, 0.29) is 48.2 Å². The maximum Gasteiger partial charge on any atom is 0.273 e. The van der Waals surface area contributed by atoms with E-state index >= 15 is 0 Å². The van der Waals surface area contributed by atoms with Crippen molar-refractivity contribution < 1.29 is 18.1 Å². The van der Waals surface area contributed by atoms with Gasteiger partial charge in [-0.2, -0.15) is 4.31 Å². The summed E-state index contributed by atoms with van der Waals surface area (Å²) in [7, 11) is -3.68. The van der Waals surface area contributed by atoms with E-state index < -0.39 is 14.9 Å². The van der Waals surface area contributed by atoms with Crippen LogP contribution in [0.1, 0.15) is 15.9 Å². The van der Waals surface area contributed by atoms with Crippen molar-refractivity contribution in [2.45, 2.75) is 11.8 Å². The summed E-state index contributed by atoms with van der Waals surface area (Å²) >= 11 is 0. The Kier molecular flexibility index (Phi) is 5.47. The van der Waals surface area contributed by atoms with E-state index in [1.807, 2.05) is 24.3 Å². The Hall–Kier alpha value is -3.30. The number of nitrogens with zero attached hydrogens (tertiary/aromatic N) is 3. The second-order valence-corrected chi connectivity index (χ2v) is 9.40. The minimum Gasteiger partial charge on any atom is -0.336 e. The molecule has 0 unspecified atom stereocenters. The molecule has 9 heteroatoms. The van der Waals surface area contributed by atoms with E-state index in [9.17, 15) is 23.3 Å². The lowest BCUT2D eigenvalue weighted by Crippen LogP contribution is -2.50. The first-order chi connectivity index (χ1) is 14.8. The third-order valence-corrected chi connectivity index (χ3v) is 7.43. The molecule has 0 N–H and O–H groups in total. The molecule has 0 atom stereocenters. The van der Waals surface area contributed by atoms with Gasteiger partial charge in [-0.25, -0.2) is 8.42 Å². The van der Waals surface area contributed by atoms with Gasteiger partial charge in [0.05, 0.1) is 9.82 Å². The zero-order chi connectivity index (χ0) is 22.2. The molecule has 0 spiro atoms. The second-order valence-electron chi connectivity index (χ2n) is 7.46. The van der Waals surface area contributed by atoms with E-state index in [0.717, 1.165) is 10.8 Å². The Bertz CT molecular complexity index is 1280. The summed E-state index contributed by atoms with van der Waals surface area (Å²) in [6, 6.07) is 17.0. The zero-order valence-electron chi connectivity index (χ0n) is 16.9. The van der Waals surface area contributed by atoms with Crippen LogP contribution in [0.2, 0.25) is 0 Å². The summed E-state index contributed by atoms with van der Waals surface area (Å²) in [5.74, 6) is -0.342. The monoisotopic (exact) mass is 439 g/mol. The minimum absolute atomic E-state index is 0.108. The van der Waals surface area contributed by atoms with Gasteiger partial charge in [-0.3, -0.25) is 14.9 Å². The molecule has 1 aliphatic heterocycles. The van der Waals surface area contributed by atoms with Crippen LogP contribution < -0.4 is 0 Å². The standard InChI is InChI=1S/C22H21N3O5S/c1-16-6-7-19(15-21(16)25(27)28)22(26)23-10-12-24(13-11-23)31(29,30)20-9-8-17-4-2-3-5-18(17)14-20/h2-9,14-15H,10-13H2,1H3. The molecule has 0 saturated carbocycles. The summed E-state index contributed by atoms with van der Waals surface area (Å²) in [6.07, 6.45) is 0. The number of benzene rings is 3. The third kappa shape index (κ3) is 4.01. The summed E-state index contributed by atoms with van der Waals surface area (Å²) in [4.78, 5) is 25.2. The Balaban J connectivity index is 1.49. The lowest BCUT2D eigenvalue weighted by atomic mass is 10.1. The molecule has 0 radical (unpaired) electrons. The molecule has 0 aliphatic carbocycles. The highest BCUT2D eigenvalue weighted by molar-refractivity contribution is 7.89. The lowest BCUT2D eigenvalue weighted by Gasteiger charge is -2.34. The number of rotatable bonds is 4. The van der Waals surface area contributed by atoms with E-state index in [2.05, 4.69) is 0 Å². The molecular formula is C22H21N3O5S. The van der Waals surface area contributed by atoms with Crippen molar-refractivity contribution in [1.29, 1.82) is 0 Å². The number of aryl methyl sites for hydroxylation is 1. The number of carbonyl (C=O) groups is 1. The molecule has 0 bridgehead atoms. The summed E-state index contributed by atoms with van der Waals surface area (Å²) in [5.41, 5.74) is 0.597. The van der Waals surface area contributed by atoms with Crippen molar-refractivity contribution in [3.63, 3.8) is 0 Å². The fraction of sp³-hybridized carbons (Fsp3) is 0.227. The quantitative estimate of drug-likeness (QED) is 0.459. The lowest BCUT2D eigenvalue weighted by molar-refractivity contribution is -0.385. The Morgan fingerprint density at radius 2 is 1.61 bits per heavy atom. The Morgan fingerprint density at radius 3 is 2.29 bits per heavy atom. The number of hydrogen-bond acceptors (Lipinski definition) is 5. The zero-order valence-corrected chi connectivity index (χ0v) is 17.7. The first kappa shape index (κ1) is 21.0. The van der Waals surface area contributed by atoms with Gasteiger partial charge in [0.1, 0.15) is 0 Å². The van der Waals surface area contributed by atoms with Crippen LogP contribution in [-0.2, 0) is 10.0 Å². The van der Waals surface area contributed by atoms with Gasteiger partial charge in [-0.1, -0.05) is 36.4 Å². The molecule has 1 fully saturated rings. The SMILES string of the molecule is Cc1ccc(C(=O)N2CCN(S(=O)(=O)c3ccc4ccccc4c3)CC2)cc1[N+](=O)[O-]. The molecule has 8 nitrogen and oxygen atoms in total. The van der Waals surface area contributed by atoms with Crippen LogP contribution in [0.25, 0.3) is 10.8 Å². The van der Waals surface area contributed by atoms with Gasteiger partial charge in [-0.15, -0.1) is 0 Å². The third-order valence-electron chi connectivity index (χ3n) is 5.54. The van der Waals surface area contributed by atoms with Gasteiger partial charge in [0, 0.05) is 43.4 Å². The van der Waals surface area contributed by atoms with Gasteiger partial charge >= 0.3 is 0 Å². The van der Waals surface area contributed by atoms with Crippen molar-refractivity contribution in [2.24, 2.45) is 0 Å². The van der Waals surface area contributed by atoms with E-state index in [0.29, 0.717) is 5.56 Å². The van der Waals surface area contributed by atoms with Crippen molar-refractivity contribution in [2.75, 3.05) is 26.2 Å². The summed E-state index contributed by atoms with van der Waals surface area (Å²) < 4.78 is 27.5. The van der Waals surface area contributed by atoms with Crippen LogP contribution in [0.4, 0.5) is 5.69 Å². The minimum atomic E-state index is -3.68. The van der Waals surface area contributed by atoms with E-state index in [4.69, 9.17) is 0 Å². The number of fused-ring (bicyclic) bond motifs is 1. The van der Waals surface area contributed by atoms with Crippen LogP contribution >= 0.6 is 0 Å². The molecule has 1 aliphatic rings. The highest BCUT2D eigenvalue weighted by Gasteiger charge is 2.31. The van der Waals surface area contributed by atoms with Gasteiger partial charge in [0.25, 0.3) is 11.6 Å². The number of amides is 1. The van der Waals surface area contributed by atoms with Crippen LogP contribution in [-0.4, -0.2) is 54.6 Å². The normalized spacial score (nSPS) is 15.2. The number of carbonyl (C=O) groups excluding carboxylic acids is 1. The molecule has 1 saturated heterocycles. The fourth-order valence-corrected chi connectivity index (χ4v) is 5.19. The molecule has 160 valence electrons. The van der Waals surface area contributed by atoms with Gasteiger partial charge in [-0.05, 0) is 35.9 Å². The second kappa shape index (κ2) is 8.09. The van der Waals surface area contributed by atoms with Crippen molar-refractivity contribution in [1.82, 2.24) is 9.21 Å². The highest BCUT2D eigenvalue weighted by Crippen LogP contribution is 2.24. The fourth-order valence-electron chi connectivity index (χ4n) is 3.73. The van der Waals surface area contributed by atoms with Gasteiger partial charge in [0.2, 0.25) is 10.0 Å². The Labute approximate surface area is 179 Å². The molecular weight excluding hydrogens is 418 g/mol. The summed E-state index contributed by atoms with van der Waals surface area (Å²) in [5, 5.41) is 13.0. The highest BCUT2D eigenvalue weighted by atomic mass is 32.2. The first-order valence-electron chi connectivity index (χ1n) is 9.80. The van der Waals surface area contributed by atoms with E-state index in [1.165, 1.54) is 15.3 Å². The van der Waals surface area contributed by atoms with Crippen molar-refractivity contribution in [3.05, 3.63) is 81.9 Å². The molecule has 4 rings (SSSR count). The van der Waals surface area contributed by atoms with E-state index in [1.54, 1.807) is 37.3 Å². The van der Waals surface area contributed by atoms with Crippen LogP contribution in [0.15, 0.2) is 65.6 Å². The molecule has 31 heavy (non-hydrogen) atoms. The van der Waals surface area contributed by atoms with Crippen molar-refractivity contribution in [3.8, 4) is 0 Å². The summed E-state index contributed by atoms with van der Waals surface area (Å²) in [6.45, 7) is 2.37. The average molecular weight is 439 g/mol. The number of nitro benzene ring substituents is 1. The molecule has 1 heterocycles. The van der Waals surface area contributed by atoms with Crippen LogP contribution in [0.5, 0.6) is 0 Å². The largest absolute Gasteiger partial charge is 0.336 e. The smallest absolute Gasteiger partial charge is 0.273 e. The Morgan fingerprint density at radius 1 is 0.935 bits per heavy atom. The predicted molar refractivity (Wildman–Crippen MR) is 116 cm³/mol. The molecule has 3 aromatic carbocycles. The van der Waals surface area contributed by atoms with Crippen molar-refractivity contribution >= 4 is 32.4 Å². The average Bonchev–Trinajstić information content (AvgIpc) is 2.78.